The fourth-order valence-electron chi connectivity index (χ4n) is 3.19. The Morgan fingerprint density at radius 1 is 0.885 bits per heavy atom. The Morgan fingerprint density at radius 3 is 1.92 bits per heavy atom. The molecule has 0 bridgehead atoms. The summed E-state index contributed by atoms with van der Waals surface area (Å²) in [4.78, 5) is 24.2. The molecule has 1 atom stereocenters. The van der Waals surface area contributed by atoms with Gasteiger partial charge in [0.15, 0.2) is 0 Å². The second kappa shape index (κ2) is 7.83. The maximum Gasteiger partial charge on any atom is 0.253 e. The normalized spacial score (nSPS) is 12.0. The number of amides is 1. The molecule has 0 aliphatic carbocycles. The molecule has 4 nitrogen and oxygen atoms in total. The number of aryl methyl sites for hydroxylation is 1. The molecule has 2 aromatic carbocycles. The molecule has 0 saturated carbocycles. The lowest BCUT2D eigenvalue weighted by Crippen LogP contribution is -2.38. The molecule has 0 saturated heterocycles. The minimum Gasteiger partial charge on any atom is -0.349 e. The number of carbonyl (C=O) groups is 1. The molecule has 0 fully saturated rings. The second-order valence-electron chi connectivity index (χ2n) is 6.43. The standard InChI is InChI=1S/C22H22N2O2/c1-16(23-22(26)19-13-14-20(25)24(2)15-19)21(17-9-5-3-6-10-17)18-11-7-4-8-12-18/h3-16,21H,1-2H3,(H,23,26). The third-order valence-electron chi connectivity index (χ3n) is 4.52. The number of carbonyl (C=O) groups excluding carboxylic acids is 1. The van der Waals surface area contributed by atoms with Gasteiger partial charge >= 0.3 is 0 Å². The minimum atomic E-state index is -0.190. The first-order chi connectivity index (χ1) is 12.6. The van der Waals surface area contributed by atoms with E-state index >= 15 is 0 Å². The molecule has 3 rings (SSSR count). The van der Waals surface area contributed by atoms with Crippen LogP contribution in [0.2, 0.25) is 0 Å². The van der Waals surface area contributed by atoms with Crippen LogP contribution in [0.4, 0.5) is 0 Å². The highest BCUT2D eigenvalue weighted by Gasteiger charge is 2.23. The Morgan fingerprint density at radius 2 is 1.42 bits per heavy atom. The molecule has 1 aromatic heterocycles. The van der Waals surface area contributed by atoms with Crippen LogP contribution < -0.4 is 10.9 Å². The van der Waals surface area contributed by atoms with Crippen molar-refractivity contribution in [3.8, 4) is 0 Å². The van der Waals surface area contributed by atoms with E-state index in [4.69, 9.17) is 0 Å². The molecule has 26 heavy (non-hydrogen) atoms. The van der Waals surface area contributed by atoms with Crippen molar-refractivity contribution < 1.29 is 4.79 Å². The third-order valence-corrected chi connectivity index (χ3v) is 4.52. The monoisotopic (exact) mass is 346 g/mol. The SMILES string of the molecule is CC(NC(=O)c1ccc(=O)n(C)c1)C(c1ccccc1)c1ccccc1. The van der Waals surface area contributed by atoms with Gasteiger partial charge in [-0.05, 0) is 24.1 Å². The molecular formula is C22H22N2O2. The molecule has 4 heteroatoms. The van der Waals surface area contributed by atoms with Crippen LogP contribution in [0.15, 0.2) is 83.8 Å². The average molecular weight is 346 g/mol. The van der Waals surface area contributed by atoms with Gasteiger partial charge in [0.1, 0.15) is 0 Å². The van der Waals surface area contributed by atoms with E-state index in [9.17, 15) is 9.59 Å². The number of aromatic nitrogens is 1. The Hall–Kier alpha value is -3.14. The maximum absolute atomic E-state index is 12.7. The van der Waals surface area contributed by atoms with Crippen molar-refractivity contribution in [2.45, 2.75) is 18.9 Å². The van der Waals surface area contributed by atoms with Crippen LogP contribution in [0.5, 0.6) is 0 Å². The number of hydrogen-bond acceptors (Lipinski definition) is 2. The summed E-state index contributed by atoms with van der Waals surface area (Å²) in [5.41, 5.74) is 2.62. The molecule has 0 aliphatic heterocycles. The van der Waals surface area contributed by atoms with Crippen molar-refractivity contribution in [1.29, 1.82) is 0 Å². The first-order valence-electron chi connectivity index (χ1n) is 8.63. The van der Waals surface area contributed by atoms with Crippen LogP contribution in [0.25, 0.3) is 0 Å². The fraction of sp³-hybridized carbons (Fsp3) is 0.182. The van der Waals surface area contributed by atoms with Gasteiger partial charge in [0.05, 0.1) is 5.56 Å². The summed E-state index contributed by atoms with van der Waals surface area (Å²) in [5.74, 6) is -0.154. The third kappa shape index (κ3) is 3.91. The van der Waals surface area contributed by atoms with Crippen LogP contribution >= 0.6 is 0 Å². The van der Waals surface area contributed by atoms with Crippen molar-refractivity contribution in [3.63, 3.8) is 0 Å². The summed E-state index contributed by atoms with van der Waals surface area (Å²) in [7, 11) is 1.64. The number of benzene rings is 2. The van der Waals surface area contributed by atoms with E-state index in [1.165, 1.54) is 10.6 Å². The highest BCUT2D eigenvalue weighted by Crippen LogP contribution is 2.28. The summed E-state index contributed by atoms with van der Waals surface area (Å²) >= 11 is 0. The zero-order chi connectivity index (χ0) is 18.5. The van der Waals surface area contributed by atoms with Gasteiger partial charge in [-0.3, -0.25) is 9.59 Å². The predicted octanol–water partition coefficient (Wildman–Crippen LogP) is 3.34. The first-order valence-corrected chi connectivity index (χ1v) is 8.63. The smallest absolute Gasteiger partial charge is 0.253 e. The highest BCUT2D eigenvalue weighted by atomic mass is 16.2. The predicted molar refractivity (Wildman–Crippen MR) is 103 cm³/mol. The highest BCUT2D eigenvalue weighted by molar-refractivity contribution is 5.94. The Bertz CT molecular complexity index is 894. The average Bonchev–Trinajstić information content (AvgIpc) is 2.66. The fourth-order valence-corrected chi connectivity index (χ4v) is 3.19. The lowest BCUT2D eigenvalue weighted by atomic mass is 9.85. The van der Waals surface area contributed by atoms with E-state index in [0.29, 0.717) is 5.56 Å². The van der Waals surface area contributed by atoms with E-state index < -0.39 is 0 Å². The summed E-state index contributed by atoms with van der Waals surface area (Å²) in [6.45, 7) is 2.00. The van der Waals surface area contributed by atoms with E-state index in [1.807, 2.05) is 43.3 Å². The number of pyridine rings is 1. The van der Waals surface area contributed by atoms with Gasteiger partial charge in [-0.15, -0.1) is 0 Å². The lowest BCUT2D eigenvalue weighted by Gasteiger charge is -2.26. The van der Waals surface area contributed by atoms with Gasteiger partial charge in [0.2, 0.25) is 5.56 Å². The summed E-state index contributed by atoms with van der Waals surface area (Å²) in [6.07, 6.45) is 1.56. The van der Waals surface area contributed by atoms with Crippen molar-refractivity contribution >= 4 is 5.91 Å². The van der Waals surface area contributed by atoms with Crippen LogP contribution in [0, 0.1) is 0 Å². The van der Waals surface area contributed by atoms with Crippen molar-refractivity contribution in [1.82, 2.24) is 9.88 Å². The molecule has 1 N–H and O–H groups in total. The lowest BCUT2D eigenvalue weighted by molar-refractivity contribution is 0.0936. The van der Waals surface area contributed by atoms with Gasteiger partial charge in [-0.1, -0.05) is 60.7 Å². The maximum atomic E-state index is 12.7. The zero-order valence-corrected chi connectivity index (χ0v) is 14.9. The van der Waals surface area contributed by atoms with E-state index in [0.717, 1.165) is 11.1 Å². The van der Waals surface area contributed by atoms with Crippen LogP contribution in [0.1, 0.15) is 34.3 Å². The van der Waals surface area contributed by atoms with E-state index in [1.54, 1.807) is 19.3 Å². The second-order valence-corrected chi connectivity index (χ2v) is 6.43. The number of hydrogen-bond donors (Lipinski definition) is 1. The summed E-state index contributed by atoms with van der Waals surface area (Å²) in [5, 5.41) is 3.09. The first kappa shape index (κ1) is 17.7. The van der Waals surface area contributed by atoms with Crippen molar-refractivity contribution in [2.24, 2.45) is 7.05 Å². The van der Waals surface area contributed by atoms with Crippen LogP contribution in [0.3, 0.4) is 0 Å². The topological polar surface area (TPSA) is 51.1 Å². The van der Waals surface area contributed by atoms with Gasteiger partial charge < -0.3 is 9.88 Å². The molecule has 132 valence electrons. The molecule has 1 heterocycles. The largest absolute Gasteiger partial charge is 0.349 e. The number of nitrogens with zero attached hydrogens (tertiary/aromatic N) is 1. The van der Waals surface area contributed by atoms with Gasteiger partial charge in [0, 0.05) is 31.3 Å². The Balaban J connectivity index is 1.88. The summed E-state index contributed by atoms with van der Waals surface area (Å²) in [6, 6.07) is 23.1. The minimum absolute atomic E-state index is 0.0360. The molecule has 1 unspecified atom stereocenters. The molecule has 0 spiro atoms. The molecule has 1 amide bonds. The van der Waals surface area contributed by atoms with Gasteiger partial charge in [-0.2, -0.15) is 0 Å². The van der Waals surface area contributed by atoms with Crippen LogP contribution in [-0.4, -0.2) is 16.5 Å². The van der Waals surface area contributed by atoms with Gasteiger partial charge in [-0.25, -0.2) is 0 Å². The van der Waals surface area contributed by atoms with E-state index in [-0.39, 0.29) is 23.4 Å². The van der Waals surface area contributed by atoms with E-state index in [2.05, 4.69) is 29.6 Å². The quantitative estimate of drug-likeness (QED) is 0.770. The number of rotatable bonds is 5. The molecule has 0 radical (unpaired) electrons. The summed E-state index contributed by atoms with van der Waals surface area (Å²) < 4.78 is 1.41. The van der Waals surface area contributed by atoms with Gasteiger partial charge in [0.25, 0.3) is 5.91 Å². The number of nitrogens with one attached hydrogen (secondary N) is 1. The molecular weight excluding hydrogens is 324 g/mol. The van der Waals surface area contributed by atoms with Crippen LogP contribution in [-0.2, 0) is 7.05 Å². The Kier molecular flexibility index (Phi) is 5.32. The molecule has 0 aliphatic rings. The van der Waals surface area contributed by atoms with Crippen molar-refractivity contribution in [2.75, 3.05) is 0 Å². The zero-order valence-electron chi connectivity index (χ0n) is 14.9. The molecule has 3 aromatic rings. The Labute approximate surface area is 153 Å². The van der Waals surface area contributed by atoms with Crippen molar-refractivity contribution in [3.05, 3.63) is 106 Å².